The highest BCUT2D eigenvalue weighted by Crippen LogP contribution is 2.65. The largest absolute Gasteiger partial charge is 0.455 e. The third kappa shape index (κ3) is 10.1. The Morgan fingerprint density at radius 2 is 0.712 bits per heavy atom. The van der Waals surface area contributed by atoms with Gasteiger partial charge in [-0.3, -0.25) is 0 Å². The molecule has 550 valence electrons. The van der Waals surface area contributed by atoms with E-state index in [9.17, 15) is 0 Å². The van der Waals surface area contributed by atoms with E-state index in [1.807, 2.05) is 0 Å². The minimum Gasteiger partial charge on any atom is -0.455 e. The van der Waals surface area contributed by atoms with Gasteiger partial charge in [-0.15, -0.1) is 0 Å². The monoisotopic (exact) mass is 1440 g/mol. The molecule has 5 aliphatic rings. The Bertz CT molecular complexity index is 6370. The predicted octanol–water partition coefficient (Wildman–Crippen LogP) is 31.1. The van der Waals surface area contributed by atoms with Crippen molar-refractivity contribution in [3.63, 3.8) is 0 Å². The maximum Gasteiger partial charge on any atom is 0.144 e. The van der Waals surface area contributed by atoms with Gasteiger partial charge in [0.05, 0.1) is 5.69 Å². The Balaban J connectivity index is 0.644. The molecule has 0 bridgehead atoms. The van der Waals surface area contributed by atoms with Gasteiger partial charge in [-0.1, -0.05) is 309 Å². The molecule has 5 aliphatic carbocycles. The molecule has 0 unspecified atom stereocenters. The summed E-state index contributed by atoms with van der Waals surface area (Å²) in [7, 11) is 0. The van der Waals surface area contributed by atoms with Crippen LogP contribution in [0.1, 0.15) is 219 Å². The summed E-state index contributed by atoms with van der Waals surface area (Å²) in [6, 6.07) is 89.3. The van der Waals surface area contributed by atoms with E-state index in [1.54, 1.807) is 11.1 Å². The van der Waals surface area contributed by atoms with Gasteiger partial charge in [-0.25, -0.2) is 0 Å². The summed E-state index contributed by atoms with van der Waals surface area (Å²) in [5, 5.41) is 4.72. The quantitative estimate of drug-likeness (QED) is 0.0802. The van der Waals surface area contributed by atoms with Crippen LogP contribution in [-0.4, -0.2) is 0 Å². The van der Waals surface area contributed by atoms with Crippen molar-refractivity contribution >= 4 is 60.9 Å². The van der Waals surface area contributed by atoms with Crippen molar-refractivity contribution in [3.8, 4) is 89.0 Å². The number of rotatable bonds is 18. The van der Waals surface area contributed by atoms with Crippen LogP contribution in [0.4, 0.5) is 17.1 Å². The zero-order valence-corrected chi connectivity index (χ0v) is 67.2. The lowest BCUT2D eigenvalue weighted by Gasteiger charge is -2.33. The van der Waals surface area contributed by atoms with Crippen LogP contribution in [0.3, 0.4) is 0 Å². The van der Waals surface area contributed by atoms with Crippen molar-refractivity contribution in [2.24, 2.45) is 0 Å². The molecule has 0 saturated carbocycles. The van der Waals surface area contributed by atoms with Crippen LogP contribution in [0.5, 0.6) is 0 Å². The fourth-order valence-corrected chi connectivity index (χ4v) is 22.3. The first-order valence-electron chi connectivity index (χ1n) is 41.7. The van der Waals surface area contributed by atoms with Crippen molar-refractivity contribution in [3.05, 3.63) is 303 Å². The summed E-state index contributed by atoms with van der Waals surface area (Å²) in [5.74, 6) is 0. The third-order valence-corrected chi connectivity index (χ3v) is 27.8. The Kier molecular flexibility index (Phi) is 15.9. The van der Waals surface area contributed by atoms with E-state index < -0.39 is 0 Å². The van der Waals surface area contributed by atoms with Gasteiger partial charge in [0.15, 0.2) is 0 Å². The number of para-hydroxylation sites is 2. The van der Waals surface area contributed by atoms with Gasteiger partial charge in [0.2, 0.25) is 0 Å². The Morgan fingerprint density at radius 3 is 1.32 bits per heavy atom. The second kappa shape index (κ2) is 25.4. The molecule has 0 saturated heterocycles. The lowest BCUT2D eigenvalue weighted by Crippen LogP contribution is -2.25. The standard InChI is InChI=1S/C108H101NO2/c1-14-16-18-20-30-54-108(55-31-21-19-17-15-2)85-37-27-22-32-74(85)77-51-46-71(60-90(77)108)70-45-50-76-75-49-44-69(58-86(75)104(6,7)87(76)59-70)67-40-42-68(43-41-67)83-63-91-94(96-81-34-24-28-38-92(81)110-102(83)96)79-52-47-72(61-88(79)105(91,8)9)109(101-65(4)56-64(3)57-66(101)5)73-48-53-80-89(62-73)107(12,13)99-95(80)97-82-35-25-29-39-93(82)111-103(97)98-78-33-23-26-36-84(78)106(10,11)100(98)99/h22-29,32-53,56-63H,14-21,30-31,54-55H2,1-13H3. The number of hydrogen-bond acceptors (Lipinski definition) is 3. The molecule has 0 aliphatic heterocycles. The predicted molar refractivity (Wildman–Crippen MR) is 469 cm³/mol. The summed E-state index contributed by atoms with van der Waals surface area (Å²) in [5.41, 5.74) is 44.5. The molecule has 20 rings (SSSR count). The van der Waals surface area contributed by atoms with Gasteiger partial charge in [-0.05, 0) is 239 Å². The first-order chi connectivity index (χ1) is 53.7. The Labute approximate surface area is 656 Å². The second-order valence-corrected chi connectivity index (χ2v) is 35.9. The number of unbranched alkanes of at least 4 members (excludes halogenated alkanes) is 8. The number of aryl methyl sites for hydroxylation is 3. The van der Waals surface area contributed by atoms with Crippen LogP contribution in [0.2, 0.25) is 0 Å². The number of nitrogens with zero attached hydrogens (tertiary/aromatic N) is 1. The van der Waals surface area contributed by atoms with E-state index in [0.29, 0.717) is 0 Å². The Hall–Kier alpha value is -10.7. The van der Waals surface area contributed by atoms with E-state index in [0.717, 1.165) is 50.2 Å². The molecule has 2 aromatic heterocycles. The molecule has 15 aromatic rings. The average molecular weight is 1450 g/mol. The van der Waals surface area contributed by atoms with Gasteiger partial charge < -0.3 is 13.7 Å². The average Bonchev–Trinajstić information content (AvgIpc) is 1.50. The molecular weight excluding hydrogens is 1340 g/mol. The molecule has 3 nitrogen and oxygen atoms in total. The fourth-order valence-electron chi connectivity index (χ4n) is 22.3. The van der Waals surface area contributed by atoms with Gasteiger partial charge >= 0.3 is 0 Å². The van der Waals surface area contributed by atoms with Gasteiger partial charge in [0.1, 0.15) is 22.3 Å². The molecule has 0 fully saturated rings. The molecule has 0 spiro atoms. The smallest absolute Gasteiger partial charge is 0.144 e. The highest BCUT2D eigenvalue weighted by molar-refractivity contribution is 6.22. The van der Waals surface area contributed by atoms with Crippen LogP contribution in [0.15, 0.2) is 239 Å². The van der Waals surface area contributed by atoms with Gasteiger partial charge in [0, 0.05) is 71.1 Å². The molecule has 0 N–H and O–H groups in total. The van der Waals surface area contributed by atoms with Gasteiger partial charge in [0.25, 0.3) is 0 Å². The molecule has 0 amide bonds. The summed E-state index contributed by atoms with van der Waals surface area (Å²) in [6.07, 6.45) is 15.5. The third-order valence-electron chi connectivity index (χ3n) is 27.8. The molecule has 2 heterocycles. The lowest BCUT2D eigenvalue weighted by molar-refractivity contribution is 0.399. The first kappa shape index (κ1) is 69.5. The summed E-state index contributed by atoms with van der Waals surface area (Å²) >= 11 is 0. The van der Waals surface area contributed by atoms with Crippen LogP contribution >= 0.6 is 0 Å². The minimum atomic E-state index is -0.383. The van der Waals surface area contributed by atoms with E-state index in [4.69, 9.17) is 8.83 Å². The zero-order chi connectivity index (χ0) is 75.9. The van der Waals surface area contributed by atoms with E-state index >= 15 is 0 Å². The first-order valence-corrected chi connectivity index (χ1v) is 41.7. The number of fused-ring (bicyclic) bond motifs is 25. The minimum absolute atomic E-state index is 0.0444. The fraction of sp³-hybridized carbons (Fsp3) is 0.278. The van der Waals surface area contributed by atoms with Crippen molar-refractivity contribution in [1.29, 1.82) is 0 Å². The molecule has 0 radical (unpaired) electrons. The Morgan fingerprint density at radius 1 is 0.297 bits per heavy atom. The van der Waals surface area contributed by atoms with Crippen molar-refractivity contribution in [2.75, 3.05) is 4.90 Å². The number of furan rings is 2. The summed E-state index contributed by atoms with van der Waals surface area (Å²) < 4.78 is 14.3. The topological polar surface area (TPSA) is 29.5 Å². The van der Waals surface area contributed by atoms with Crippen molar-refractivity contribution in [2.45, 2.75) is 194 Å². The highest BCUT2D eigenvalue weighted by atomic mass is 16.3. The van der Waals surface area contributed by atoms with Crippen molar-refractivity contribution < 1.29 is 8.83 Å². The molecule has 13 aromatic carbocycles. The number of hydrogen-bond donors (Lipinski definition) is 0. The van der Waals surface area contributed by atoms with Crippen LogP contribution in [0, 0.1) is 20.8 Å². The van der Waals surface area contributed by atoms with Gasteiger partial charge in [-0.2, -0.15) is 0 Å². The molecular formula is C108H101NO2. The molecule has 0 atom stereocenters. The normalized spacial score (nSPS) is 15.5. The summed E-state index contributed by atoms with van der Waals surface area (Å²) in [4.78, 5) is 2.58. The van der Waals surface area contributed by atoms with Crippen LogP contribution < -0.4 is 4.90 Å². The van der Waals surface area contributed by atoms with E-state index in [1.165, 1.54) is 238 Å². The summed E-state index contributed by atoms with van der Waals surface area (Å²) in [6.45, 7) is 31.1. The van der Waals surface area contributed by atoms with Crippen LogP contribution in [-0.2, 0) is 27.1 Å². The van der Waals surface area contributed by atoms with E-state index in [2.05, 4.69) is 325 Å². The zero-order valence-electron chi connectivity index (χ0n) is 67.2. The maximum atomic E-state index is 7.16. The lowest BCUT2D eigenvalue weighted by atomic mass is 9.70. The molecule has 111 heavy (non-hydrogen) atoms. The number of benzene rings is 13. The van der Waals surface area contributed by atoms with Crippen LogP contribution in [0.25, 0.3) is 133 Å². The maximum absolute atomic E-state index is 7.16. The van der Waals surface area contributed by atoms with E-state index in [-0.39, 0.29) is 27.1 Å². The second-order valence-electron chi connectivity index (χ2n) is 35.9. The number of anilines is 3. The SMILES string of the molecule is CCCCCCCC1(CCCCCCC)c2ccccc2-c2ccc(-c3ccc4c(c3)C(C)(C)c3cc(-c5ccc(-c6cc7c(c8c6oc6ccccc68)-c6ccc(N(c8ccc9c(c8)C(C)(C)c8c%10c(c%11oc%12ccccc%12c%11c8-9)-c8ccccc8C%10(C)C)c8c(C)cc(C)cc8C)cc6C7(C)C)cc5)ccc3-4)cc21. The highest BCUT2D eigenvalue weighted by Gasteiger charge is 2.50. The molecule has 3 heteroatoms. The van der Waals surface area contributed by atoms with Crippen molar-refractivity contribution in [1.82, 2.24) is 0 Å².